The van der Waals surface area contributed by atoms with Gasteiger partial charge in [0.15, 0.2) is 0 Å². The van der Waals surface area contributed by atoms with Crippen molar-refractivity contribution in [1.82, 2.24) is 14.7 Å². The third kappa shape index (κ3) is 3.39. The molecule has 0 aliphatic carbocycles. The van der Waals surface area contributed by atoms with E-state index in [1.165, 1.54) is 0 Å². The van der Waals surface area contributed by atoms with Crippen molar-refractivity contribution in [1.29, 1.82) is 0 Å². The van der Waals surface area contributed by atoms with Gasteiger partial charge in [-0.15, -0.1) is 0 Å². The first-order chi connectivity index (χ1) is 15.2. The highest BCUT2D eigenvalue weighted by atomic mass is 16.5. The number of likely N-dealkylation sites (tertiary alicyclic amines) is 1. The molecule has 0 aromatic rings. The Balaban J connectivity index is 1.81. The molecule has 0 aromatic heterocycles. The van der Waals surface area contributed by atoms with Gasteiger partial charge >= 0.3 is 0 Å². The maximum Gasteiger partial charge on any atom is 0.249 e. The van der Waals surface area contributed by atoms with Gasteiger partial charge in [-0.1, -0.05) is 31.2 Å². The second kappa shape index (κ2) is 8.30. The molecule has 1 unspecified atom stereocenters. The summed E-state index contributed by atoms with van der Waals surface area (Å²) in [6.07, 6.45) is 8.23. The number of hydrogen-bond acceptors (Lipinski definition) is 5. The summed E-state index contributed by atoms with van der Waals surface area (Å²) >= 11 is 0. The van der Waals surface area contributed by atoms with Gasteiger partial charge < -0.3 is 24.5 Å². The Hall–Kier alpha value is -2.19. The normalized spacial score (nSPS) is 34.5. The van der Waals surface area contributed by atoms with Crippen LogP contribution in [0.15, 0.2) is 24.3 Å². The predicted octanol–water partition coefficient (Wildman–Crippen LogP) is 0.955. The summed E-state index contributed by atoms with van der Waals surface area (Å²) in [6.45, 7) is 9.63. The van der Waals surface area contributed by atoms with E-state index in [0.29, 0.717) is 26.1 Å². The third-order valence-corrected chi connectivity index (χ3v) is 7.10. The number of carbonyl (C=O) groups is 3. The summed E-state index contributed by atoms with van der Waals surface area (Å²) in [5.41, 5.74) is -1.62. The molecule has 8 nitrogen and oxygen atoms in total. The van der Waals surface area contributed by atoms with E-state index in [0.717, 1.165) is 6.42 Å². The first-order valence-corrected chi connectivity index (χ1v) is 11.7. The Morgan fingerprint density at radius 2 is 1.84 bits per heavy atom. The summed E-state index contributed by atoms with van der Waals surface area (Å²) in [4.78, 5) is 46.4. The van der Waals surface area contributed by atoms with E-state index >= 15 is 0 Å². The monoisotopic (exact) mass is 445 g/mol. The Kier molecular flexibility index (Phi) is 5.96. The minimum absolute atomic E-state index is 0.0833. The van der Waals surface area contributed by atoms with Gasteiger partial charge in [0, 0.05) is 38.3 Å². The largest absolute Gasteiger partial charge is 0.396 e. The molecule has 4 aliphatic heterocycles. The van der Waals surface area contributed by atoms with E-state index in [1.54, 1.807) is 14.7 Å². The lowest BCUT2D eigenvalue weighted by atomic mass is 9.77. The lowest BCUT2D eigenvalue weighted by Gasteiger charge is -2.40. The molecule has 5 atom stereocenters. The molecule has 0 bridgehead atoms. The zero-order valence-electron chi connectivity index (χ0n) is 19.5. The second-order valence-corrected chi connectivity index (χ2v) is 10.2. The summed E-state index contributed by atoms with van der Waals surface area (Å²) in [6, 6.07) is -0.850. The van der Waals surface area contributed by atoms with Crippen molar-refractivity contribution in [2.24, 2.45) is 11.8 Å². The van der Waals surface area contributed by atoms with Crippen molar-refractivity contribution in [2.75, 3.05) is 32.8 Å². The van der Waals surface area contributed by atoms with Crippen LogP contribution >= 0.6 is 0 Å². The van der Waals surface area contributed by atoms with Crippen LogP contribution in [0.4, 0.5) is 0 Å². The van der Waals surface area contributed by atoms with Crippen molar-refractivity contribution < 1.29 is 24.2 Å². The van der Waals surface area contributed by atoms with Crippen molar-refractivity contribution >= 4 is 17.7 Å². The van der Waals surface area contributed by atoms with Crippen molar-refractivity contribution in [3.63, 3.8) is 0 Å². The fourth-order valence-electron chi connectivity index (χ4n) is 5.74. The summed E-state index contributed by atoms with van der Waals surface area (Å²) < 4.78 is 6.56. The number of amides is 3. The van der Waals surface area contributed by atoms with Crippen LogP contribution in [-0.4, -0.2) is 93.6 Å². The number of aliphatic hydroxyl groups excluding tert-OH is 1. The number of ether oxygens (including phenoxy) is 1. The standard InChI is InChI=1S/C24H35N3O5/c1-5-11-25-12-6-9-16-17(20(25)29)18-21(30)26(13-8-15-28)19-22(31)27(23(2,3)4)14-7-10-24(18,19)32-16/h6-7,9-10,16-19,28H,5,8,11-15H2,1-4H3/t16-,17+,18+,19?,24+/m1/s1. The molecule has 4 aliphatic rings. The van der Waals surface area contributed by atoms with Crippen LogP contribution in [0.25, 0.3) is 0 Å². The molecular formula is C24H35N3O5. The lowest BCUT2D eigenvalue weighted by molar-refractivity contribution is -0.151. The van der Waals surface area contributed by atoms with Gasteiger partial charge in [-0.05, 0) is 33.6 Å². The van der Waals surface area contributed by atoms with E-state index in [9.17, 15) is 19.5 Å². The van der Waals surface area contributed by atoms with E-state index < -0.39 is 35.1 Å². The highest BCUT2D eigenvalue weighted by molar-refractivity contribution is 6.00. The number of rotatable bonds is 5. The van der Waals surface area contributed by atoms with Crippen LogP contribution in [0, 0.1) is 11.8 Å². The minimum atomic E-state index is -1.19. The molecule has 0 saturated carbocycles. The molecule has 4 heterocycles. The van der Waals surface area contributed by atoms with Gasteiger partial charge in [-0.2, -0.15) is 0 Å². The van der Waals surface area contributed by atoms with Crippen LogP contribution in [0.2, 0.25) is 0 Å². The molecule has 3 amide bonds. The quantitative estimate of drug-likeness (QED) is 0.637. The molecule has 0 aromatic carbocycles. The Bertz CT molecular complexity index is 847. The van der Waals surface area contributed by atoms with Gasteiger partial charge in [0.1, 0.15) is 11.6 Å². The second-order valence-electron chi connectivity index (χ2n) is 10.2. The van der Waals surface area contributed by atoms with Crippen LogP contribution in [0.3, 0.4) is 0 Å². The van der Waals surface area contributed by atoms with E-state index in [2.05, 4.69) is 0 Å². The first-order valence-electron chi connectivity index (χ1n) is 11.7. The van der Waals surface area contributed by atoms with E-state index in [1.807, 2.05) is 52.0 Å². The van der Waals surface area contributed by atoms with Gasteiger partial charge in [0.2, 0.25) is 17.7 Å². The minimum Gasteiger partial charge on any atom is -0.396 e. The van der Waals surface area contributed by atoms with Crippen LogP contribution in [-0.2, 0) is 19.1 Å². The topological polar surface area (TPSA) is 90.4 Å². The third-order valence-electron chi connectivity index (χ3n) is 7.10. The zero-order valence-corrected chi connectivity index (χ0v) is 19.5. The highest BCUT2D eigenvalue weighted by Gasteiger charge is 2.71. The summed E-state index contributed by atoms with van der Waals surface area (Å²) in [5, 5.41) is 9.42. The molecule has 2 saturated heterocycles. The fraction of sp³-hybridized carbons (Fsp3) is 0.708. The molecule has 2 fully saturated rings. The molecule has 176 valence electrons. The first kappa shape index (κ1) is 23.0. The van der Waals surface area contributed by atoms with Crippen molar-refractivity contribution in [3.8, 4) is 0 Å². The van der Waals surface area contributed by atoms with E-state index in [4.69, 9.17) is 4.74 Å². The molecule has 8 heteroatoms. The number of fused-ring (bicyclic) bond motifs is 2. The number of hydrogen-bond donors (Lipinski definition) is 1. The molecule has 0 radical (unpaired) electrons. The van der Waals surface area contributed by atoms with E-state index in [-0.39, 0.29) is 30.9 Å². The smallest absolute Gasteiger partial charge is 0.249 e. The number of nitrogens with zero attached hydrogens (tertiary/aromatic N) is 3. The van der Waals surface area contributed by atoms with Gasteiger partial charge in [-0.25, -0.2) is 0 Å². The molecule has 1 N–H and O–H groups in total. The SMILES string of the molecule is CCCN1CC=C[C@H]2O[C@]34C=CCN(C(C)(C)C)C(=O)C3N(CCCO)C(=O)[C@@H]4[C@H]2C1=O. The van der Waals surface area contributed by atoms with Crippen molar-refractivity contribution in [3.05, 3.63) is 24.3 Å². The maximum absolute atomic E-state index is 13.9. The Morgan fingerprint density at radius 3 is 2.50 bits per heavy atom. The molecule has 1 spiro atoms. The molecule has 32 heavy (non-hydrogen) atoms. The highest BCUT2D eigenvalue weighted by Crippen LogP contribution is 2.53. The van der Waals surface area contributed by atoms with Gasteiger partial charge in [0.25, 0.3) is 0 Å². The summed E-state index contributed by atoms with van der Waals surface area (Å²) in [5.74, 6) is -1.91. The maximum atomic E-state index is 13.9. The van der Waals surface area contributed by atoms with Crippen LogP contribution in [0.1, 0.15) is 40.5 Å². The zero-order chi connectivity index (χ0) is 23.3. The molecular weight excluding hydrogens is 410 g/mol. The average molecular weight is 446 g/mol. The van der Waals surface area contributed by atoms with Crippen LogP contribution in [0.5, 0.6) is 0 Å². The number of carbonyl (C=O) groups excluding carboxylic acids is 3. The van der Waals surface area contributed by atoms with Gasteiger partial charge in [0.05, 0.1) is 17.9 Å². The molecule has 4 rings (SSSR count). The van der Waals surface area contributed by atoms with Gasteiger partial charge in [-0.3, -0.25) is 14.4 Å². The average Bonchev–Trinajstić information content (AvgIpc) is 3.03. The van der Waals surface area contributed by atoms with Crippen molar-refractivity contribution in [2.45, 2.75) is 63.8 Å². The fourth-order valence-corrected chi connectivity index (χ4v) is 5.74. The summed E-state index contributed by atoms with van der Waals surface area (Å²) in [7, 11) is 0. The predicted molar refractivity (Wildman–Crippen MR) is 118 cm³/mol. The Labute approximate surface area is 189 Å². The van der Waals surface area contributed by atoms with Crippen LogP contribution < -0.4 is 0 Å². The Morgan fingerprint density at radius 1 is 1.09 bits per heavy atom. The lowest BCUT2D eigenvalue weighted by Crippen LogP contribution is -2.58. The number of aliphatic hydroxyl groups is 1.